The Hall–Kier alpha value is -10.1. The summed E-state index contributed by atoms with van der Waals surface area (Å²) in [6.07, 6.45) is 1.49. The molecule has 2 fully saturated rings. The lowest BCUT2D eigenvalue weighted by Crippen LogP contribution is -2.61. The Morgan fingerprint density at radius 1 is 0.762 bits per heavy atom. The number of rotatable bonds is 28. The molecule has 3 aromatic heterocycles. The van der Waals surface area contributed by atoms with Crippen LogP contribution in [0.3, 0.4) is 0 Å². The van der Waals surface area contributed by atoms with Gasteiger partial charge in [0.2, 0.25) is 24.7 Å². The van der Waals surface area contributed by atoms with Gasteiger partial charge in [-0.25, -0.2) is 33.9 Å². The fourth-order valence-electron chi connectivity index (χ4n) is 13.0. The number of aliphatic hydroxyl groups excluding tert-OH is 3. The maximum atomic E-state index is 13.9. The molecule has 0 bridgehead atoms. The molecule has 540 valence electrons. The topological polar surface area (TPSA) is 361 Å². The summed E-state index contributed by atoms with van der Waals surface area (Å²) >= 11 is 0. The van der Waals surface area contributed by atoms with E-state index in [0.29, 0.717) is 71.5 Å². The molecule has 1 saturated carbocycles. The van der Waals surface area contributed by atoms with Crippen LogP contribution in [0.5, 0.6) is 28.7 Å². The lowest BCUT2D eigenvalue weighted by Gasteiger charge is -2.40. The van der Waals surface area contributed by atoms with Crippen molar-refractivity contribution >= 4 is 75.3 Å². The number of nitriles is 1. The number of fused-ring (bicyclic) bond motifs is 6. The quantitative estimate of drug-likeness (QED) is 0.0238. The van der Waals surface area contributed by atoms with Gasteiger partial charge in [0.1, 0.15) is 48.6 Å². The lowest BCUT2D eigenvalue weighted by atomic mass is 9.76. The molecule has 10 rings (SSSR count). The van der Waals surface area contributed by atoms with Crippen LogP contribution in [0.15, 0.2) is 73.3 Å². The molecule has 0 spiro atoms. The van der Waals surface area contributed by atoms with Gasteiger partial charge in [0.05, 0.1) is 48.2 Å². The van der Waals surface area contributed by atoms with Gasteiger partial charge in [-0.05, 0) is 97.0 Å². The predicted molar refractivity (Wildman–Crippen MR) is 363 cm³/mol. The maximum absolute atomic E-state index is 13.9. The number of methoxy groups -OCH3 is 1. The molecule has 30 nitrogen and oxygen atoms in total. The van der Waals surface area contributed by atoms with Crippen molar-refractivity contribution in [2.75, 3.05) is 92.1 Å². The Balaban J connectivity index is 0.644. The Kier molecular flexibility index (Phi) is 24.3. The van der Waals surface area contributed by atoms with Gasteiger partial charge in [-0.3, -0.25) is 14.2 Å². The van der Waals surface area contributed by atoms with Gasteiger partial charge in [0.15, 0.2) is 47.5 Å². The summed E-state index contributed by atoms with van der Waals surface area (Å²) < 4.78 is 48.8. The van der Waals surface area contributed by atoms with Gasteiger partial charge in [0.25, 0.3) is 0 Å². The molecule has 6 heterocycles. The first-order valence-corrected chi connectivity index (χ1v) is 33.9. The lowest BCUT2D eigenvalue weighted by molar-refractivity contribution is -0.686. The highest BCUT2D eigenvalue weighted by Gasteiger charge is 2.48. The van der Waals surface area contributed by atoms with Crippen molar-refractivity contribution in [1.29, 1.82) is 5.26 Å². The van der Waals surface area contributed by atoms with Crippen LogP contribution in [0, 0.1) is 23.2 Å². The van der Waals surface area contributed by atoms with E-state index < -0.39 is 66.9 Å². The first-order chi connectivity index (χ1) is 48.5. The van der Waals surface area contributed by atoms with Crippen molar-refractivity contribution in [2.45, 2.75) is 140 Å². The minimum absolute atomic E-state index is 0.0387. The number of nitrogens with one attached hydrogen (secondary N) is 1. The fourth-order valence-corrected chi connectivity index (χ4v) is 13.0. The number of aliphatic carboxylic acids is 1. The highest BCUT2D eigenvalue weighted by atomic mass is 16.7. The number of aliphatic hydroxyl groups is 3. The number of benzene rings is 3. The van der Waals surface area contributed by atoms with E-state index in [2.05, 4.69) is 32.8 Å². The SMILES string of the molecule is COc1ccc2cc3[n+](cc2c1OC(=O)N(C)CCN(C)C(=O)OCCCCCCCCCC(=O)Nc1cc(COC(=O)N(C)CCN(C)C(=O)n2ccc4c(N(C)[C@H]5CC(C(=O)CC#N)CC[C@H]5C)ncnc42)ccc1O[C@@H]1O[C@H](C(=O)O)[C@@H](O)[C@H](O)[C@H]1O)CCc1cc2c(cc1-3)OCO2. The third kappa shape index (κ3) is 17.4. The van der Waals surface area contributed by atoms with Crippen LogP contribution in [0.4, 0.5) is 30.7 Å². The molecule has 4 aliphatic rings. The smallest absolute Gasteiger partial charge is 0.415 e. The van der Waals surface area contributed by atoms with E-state index in [0.717, 1.165) is 72.9 Å². The van der Waals surface area contributed by atoms with Crippen LogP contribution in [0.1, 0.15) is 95.1 Å². The second kappa shape index (κ2) is 33.4. The van der Waals surface area contributed by atoms with E-state index in [4.69, 9.17) is 43.2 Å². The van der Waals surface area contributed by atoms with Crippen LogP contribution < -0.4 is 38.5 Å². The fraction of sp³-hybridized carbons (Fsp3) is 0.507. The summed E-state index contributed by atoms with van der Waals surface area (Å²) in [6.45, 7) is 3.42. The molecule has 1 saturated heterocycles. The van der Waals surface area contributed by atoms with Crippen LogP contribution in [-0.4, -0.2) is 215 Å². The van der Waals surface area contributed by atoms with Crippen molar-refractivity contribution in [1.82, 2.24) is 34.1 Å². The number of pyridine rings is 1. The van der Waals surface area contributed by atoms with Gasteiger partial charge in [0, 0.05) is 98.5 Å². The number of ether oxygens (including phenoxy) is 8. The third-order valence-corrected chi connectivity index (χ3v) is 19.2. The number of unbranched alkanes of at least 4 members (excludes halogenated alkanes) is 6. The molecule has 1 aliphatic carbocycles. The largest absolute Gasteiger partial charge is 0.493 e. The number of hydrogen-bond acceptors (Lipinski definition) is 22. The number of carboxylic acids is 1. The van der Waals surface area contributed by atoms with Crippen molar-refractivity contribution < 1.29 is 96.4 Å². The van der Waals surface area contributed by atoms with Crippen LogP contribution in [0.25, 0.3) is 33.1 Å². The van der Waals surface area contributed by atoms with Crippen LogP contribution >= 0.6 is 0 Å². The standard InChI is InChI=1S/C71H87N11O19/c1-42-16-18-46(53(83)22-25-72)35-51(42)80(6)64-47-24-27-82(65(47)74-40-73-64)68(90)76(2)28-29-78(4)70(92)96-39-43-17-20-54(99-67-61(87)59(85)60(86)63(100-67)66(88)89)50(33-43)75-58(84)15-13-11-9-8-10-12-14-32-95-69(91)77(3)30-31-79(5)71(93)101-62-49-38-81-26-23-45-36-56-57(98-41-97-56)37-48(45)52(81)34-44(49)19-21-55(62)94-7/h17,19-21,24,27,33-34,36-38,40,42,46,51,59-61,63,67,85-87H,8-16,18,22-23,26,28-32,35,39,41H2,1-7H3,(H-,75,84,88,89)/p+1/t42-,46?,51+,59+,60+,61-,63+,67-/m1/s1. The third-order valence-electron chi connectivity index (χ3n) is 19.2. The number of nitrogens with zero attached hydrogens (tertiary/aromatic N) is 10. The summed E-state index contributed by atoms with van der Waals surface area (Å²) in [5, 5.41) is 55.3. The zero-order valence-corrected chi connectivity index (χ0v) is 57.8. The van der Waals surface area contributed by atoms with Gasteiger partial charge in [-0.2, -0.15) is 9.83 Å². The molecule has 0 radical (unpaired) electrons. The highest BCUT2D eigenvalue weighted by Crippen LogP contribution is 2.43. The number of Topliss-reactive ketones (excluding diaryl/α,β-unsaturated/α-hetero) is 1. The molecule has 30 heteroatoms. The van der Waals surface area contributed by atoms with E-state index in [1.807, 2.05) is 42.4 Å². The minimum Gasteiger partial charge on any atom is -0.493 e. The molecule has 5 amide bonds. The van der Waals surface area contributed by atoms with E-state index >= 15 is 0 Å². The van der Waals surface area contributed by atoms with E-state index in [-0.39, 0.29) is 99.9 Å². The second-order valence-electron chi connectivity index (χ2n) is 26.1. The number of carbonyl (C=O) groups excluding carboxylic acids is 6. The zero-order chi connectivity index (χ0) is 72.2. The molecule has 5 N–H and O–H groups in total. The van der Waals surface area contributed by atoms with E-state index in [9.17, 15) is 54.0 Å². The number of anilines is 2. The predicted octanol–water partition coefficient (Wildman–Crippen LogP) is 7.25. The minimum atomic E-state index is -1.97. The average Bonchev–Trinajstić information content (AvgIpc) is 1.68. The summed E-state index contributed by atoms with van der Waals surface area (Å²) in [5.74, 6) is 0.539. The van der Waals surface area contributed by atoms with Crippen molar-refractivity contribution in [3.63, 3.8) is 0 Å². The Morgan fingerprint density at radius 3 is 2.17 bits per heavy atom. The summed E-state index contributed by atoms with van der Waals surface area (Å²) in [4.78, 5) is 108. The molecular formula is C71H88N11O19+. The van der Waals surface area contributed by atoms with Gasteiger partial charge in [-0.1, -0.05) is 45.1 Å². The van der Waals surface area contributed by atoms with Gasteiger partial charge < -0.3 is 88.1 Å². The van der Waals surface area contributed by atoms with Crippen LogP contribution in [0.2, 0.25) is 0 Å². The number of carboxylic acid groups (broad SMARTS) is 1. The monoisotopic (exact) mass is 1400 g/mol. The first kappa shape index (κ1) is 73.6. The number of ketones is 1. The molecule has 101 heavy (non-hydrogen) atoms. The Morgan fingerprint density at radius 2 is 1.45 bits per heavy atom. The number of aryl methyl sites for hydroxylation is 2. The Labute approximate surface area is 583 Å². The summed E-state index contributed by atoms with van der Waals surface area (Å²) in [6, 6.07) is 17.4. The summed E-state index contributed by atoms with van der Waals surface area (Å²) in [5.41, 5.74) is 4.00. The molecule has 6 aromatic rings. The number of likely N-dealkylation sites (N-methyl/N-ethyl adjacent to an activating group) is 4. The van der Waals surface area contributed by atoms with E-state index in [1.54, 1.807) is 39.5 Å². The Bertz CT molecular complexity index is 4070. The highest BCUT2D eigenvalue weighted by molar-refractivity contribution is 5.96. The second-order valence-corrected chi connectivity index (χ2v) is 26.1. The average molecular weight is 1400 g/mol. The molecule has 3 aromatic carbocycles. The molecular weight excluding hydrogens is 1310 g/mol. The summed E-state index contributed by atoms with van der Waals surface area (Å²) in [7, 11) is 9.68. The number of amides is 5. The maximum Gasteiger partial charge on any atom is 0.415 e. The molecule has 1 unspecified atom stereocenters. The van der Waals surface area contributed by atoms with Crippen molar-refractivity contribution in [2.24, 2.45) is 11.8 Å². The number of aromatic nitrogens is 4. The zero-order valence-electron chi connectivity index (χ0n) is 57.8. The van der Waals surface area contributed by atoms with E-state index in [1.165, 1.54) is 62.9 Å². The van der Waals surface area contributed by atoms with Crippen molar-refractivity contribution in [3.05, 3.63) is 84.4 Å². The van der Waals surface area contributed by atoms with Gasteiger partial charge in [-0.15, -0.1) is 0 Å². The first-order valence-electron chi connectivity index (χ1n) is 33.9. The van der Waals surface area contributed by atoms with Gasteiger partial charge >= 0.3 is 30.3 Å². The van der Waals surface area contributed by atoms with Crippen LogP contribution in [-0.2, 0) is 48.2 Å². The number of hydrogen-bond donors (Lipinski definition) is 5. The van der Waals surface area contributed by atoms with Crippen molar-refractivity contribution in [3.8, 4) is 46.1 Å². The number of carbonyl (C=O) groups is 7. The normalized spacial score (nSPS) is 19.6. The molecule has 3 aliphatic heterocycles. The molecule has 8 atom stereocenters.